The maximum absolute atomic E-state index is 12.6. The molecule has 0 saturated carbocycles. The molecule has 3 rings (SSSR count). The molecule has 0 N–H and O–H groups in total. The van der Waals surface area contributed by atoms with E-state index in [1.54, 1.807) is 41.6 Å². The van der Waals surface area contributed by atoms with Gasteiger partial charge in [0.2, 0.25) is 0 Å². The van der Waals surface area contributed by atoms with Gasteiger partial charge < -0.3 is 9.80 Å². The van der Waals surface area contributed by atoms with Gasteiger partial charge in [-0.15, -0.1) is 11.3 Å². The first-order valence-electron chi connectivity index (χ1n) is 7.28. The number of aromatic nitrogens is 2. The maximum atomic E-state index is 12.6. The lowest BCUT2D eigenvalue weighted by Crippen LogP contribution is -2.26. The SMILES string of the molecule is CN(Cc1nc2ccccc2s1)C(=O)c1ccnc(N(C)C)c1. The van der Waals surface area contributed by atoms with Crippen LogP contribution in [0.2, 0.25) is 0 Å². The minimum Gasteiger partial charge on any atom is -0.363 e. The number of pyridine rings is 1. The lowest BCUT2D eigenvalue weighted by atomic mass is 10.2. The van der Waals surface area contributed by atoms with Crippen molar-refractivity contribution in [1.29, 1.82) is 0 Å². The first-order valence-corrected chi connectivity index (χ1v) is 8.09. The van der Waals surface area contributed by atoms with Crippen molar-refractivity contribution in [2.45, 2.75) is 6.54 Å². The molecule has 0 aliphatic rings. The van der Waals surface area contributed by atoms with Gasteiger partial charge in [0.1, 0.15) is 10.8 Å². The minimum atomic E-state index is -0.0326. The number of carbonyl (C=O) groups is 1. The summed E-state index contributed by atoms with van der Waals surface area (Å²) in [5.74, 6) is 0.735. The van der Waals surface area contributed by atoms with E-state index in [4.69, 9.17) is 0 Å². The topological polar surface area (TPSA) is 49.3 Å². The summed E-state index contributed by atoms with van der Waals surface area (Å²) in [6, 6.07) is 11.6. The molecule has 3 aromatic rings. The molecule has 1 aromatic carbocycles. The predicted octanol–water partition coefficient (Wildman–Crippen LogP) is 3.03. The molecule has 5 nitrogen and oxygen atoms in total. The normalized spacial score (nSPS) is 10.7. The highest BCUT2D eigenvalue weighted by Crippen LogP contribution is 2.23. The second-order valence-corrected chi connectivity index (χ2v) is 6.65. The quantitative estimate of drug-likeness (QED) is 0.739. The number of hydrogen-bond acceptors (Lipinski definition) is 5. The van der Waals surface area contributed by atoms with Gasteiger partial charge in [0, 0.05) is 32.9 Å². The number of nitrogens with zero attached hydrogens (tertiary/aromatic N) is 4. The number of rotatable bonds is 4. The molecule has 0 aliphatic carbocycles. The van der Waals surface area contributed by atoms with Gasteiger partial charge in [0.15, 0.2) is 0 Å². The first kappa shape index (κ1) is 15.4. The average Bonchev–Trinajstić information content (AvgIpc) is 2.96. The summed E-state index contributed by atoms with van der Waals surface area (Å²) >= 11 is 1.62. The van der Waals surface area contributed by atoms with E-state index in [0.29, 0.717) is 12.1 Å². The Labute approximate surface area is 139 Å². The van der Waals surface area contributed by atoms with Crippen LogP contribution >= 0.6 is 11.3 Å². The molecule has 0 fully saturated rings. The number of thiazole rings is 1. The Morgan fingerprint density at radius 2 is 1.96 bits per heavy atom. The van der Waals surface area contributed by atoms with Crippen molar-refractivity contribution in [3.8, 4) is 0 Å². The Bertz CT molecular complexity index is 810. The van der Waals surface area contributed by atoms with Crippen molar-refractivity contribution in [3.63, 3.8) is 0 Å². The summed E-state index contributed by atoms with van der Waals surface area (Å²) < 4.78 is 1.14. The van der Waals surface area contributed by atoms with Crippen LogP contribution in [0.1, 0.15) is 15.4 Å². The van der Waals surface area contributed by atoms with Crippen LogP contribution in [-0.2, 0) is 6.54 Å². The molecule has 0 aliphatic heterocycles. The molecule has 0 atom stereocenters. The van der Waals surface area contributed by atoms with E-state index in [1.165, 1.54) is 0 Å². The number of carbonyl (C=O) groups excluding carboxylic acids is 1. The number of amides is 1. The molecule has 118 valence electrons. The zero-order chi connectivity index (χ0) is 16.4. The third-order valence-electron chi connectivity index (χ3n) is 3.51. The van der Waals surface area contributed by atoms with Crippen LogP contribution in [0.15, 0.2) is 42.6 Å². The van der Waals surface area contributed by atoms with Gasteiger partial charge in [-0.05, 0) is 24.3 Å². The number of benzene rings is 1. The van der Waals surface area contributed by atoms with Crippen LogP contribution in [0.4, 0.5) is 5.82 Å². The lowest BCUT2D eigenvalue weighted by molar-refractivity contribution is 0.0785. The van der Waals surface area contributed by atoms with Crippen LogP contribution in [0, 0.1) is 0 Å². The Kier molecular flexibility index (Phi) is 4.25. The van der Waals surface area contributed by atoms with E-state index < -0.39 is 0 Å². The fraction of sp³-hybridized carbons (Fsp3) is 0.235. The molecule has 2 heterocycles. The van der Waals surface area contributed by atoms with E-state index in [2.05, 4.69) is 9.97 Å². The van der Waals surface area contributed by atoms with Crippen molar-refractivity contribution in [2.75, 3.05) is 26.0 Å². The molecule has 0 unspecified atom stereocenters. The van der Waals surface area contributed by atoms with E-state index in [0.717, 1.165) is 21.0 Å². The molecular weight excluding hydrogens is 308 g/mol. The van der Waals surface area contributed by atoms with Gasteiger partial charge in [0.25, 0.3) is 5.91 Å². The Hall–Kier alpha value is -2.47. The molecule has 23 heavy (non-hydrogen) atoms. The monoisotopic (exact) mass is 326 g/mol. The van der Waals surface area contributed by atoms with Gasteiger partial charge in [-0.25, -0.2) is 9.97 Å². The van der Waals surface area contributed by atoms with E-state index in [-0.39, 0.29) is 5.91 Å². The highest BCUT2D eigenvalue weighted by molar-refractivity contribution is 7.18. The summed E-state index contributed by atoms with van der Waals surface area (Å²) in [6.45, 7) is 0.498. The largest absolute Gasteiger partial charge is 0.363 e. The highest BCUT2D eigenvalue weighted by atomic mass is 32.1. The van der Waals surface area contributed by atoms with Gasteiger partial charge in [-0.2, -0.15) is 0 Å². The molecule has 1 amide bonds. The van der Waals surface area contributed by atoms with Crippen molar-refractivity contribution in [3.05, 3.63) is 53.2 Å². The van der Waals surface area contributed by atoms with Crippen LogP contribution < -0.4 is 4.90 Å². The summed E-state index contributed by atoms with van der Waals surface area (Å²) in [5.41, 5.74) is 1.61. The number of hydrogen-bond donors (Lipinski definition) is 0. The fourth-order valence-corrected chi connectivity index (χ4v) is 3.30. The molecule has 0 spiro atoms. The van der Waals surface area contributed by atoms with Crippen LogP contribution in [0.5, 0.6) is 0 Å². The van der Waals surface area contributed by atoms with E-state index in [9.17, 15) is 4.79 Å². The van der Waals surface area contributed by atoms with E-state index in [1.807, 2.05) is 43.3 Å². The summed E-state index contributed by atoms with van der Waals surface area (Å²) in [7, 11) is 5.60. The lowest BCUT2D eigenvalue weighted by Gasteiger charge is -2.17. The molecule has 2 aromatic heterocycles. The molecule has 0 bridgehead atoms. The fourth-order valence-electron chi connectivity index (χ4n) is 2.28. The maximum Gasteiger partial charge on any atom is 0.254 e. The van der Waals surface area contributed by atoms with Gasteiger partial charge in [-0.1, -0.05) is 12.1 Å². The van der Waals surface area contributed by atoms with Crippen LogP contribution in [0.3, 0.4) is 0 Å². The first-order chi connectivity index (χ1) is 11.0. The third-order valence-corrected chi connectivity index (χ3v) is 4.53. The van der Waals surface area contributed by atoms with Crippen molar-refractivity contribution < 1.29 is 4.79 Å². The van der Waals surface area contributed by atoms with Crippen molar-refractivity contribution in [1.82, 2.24) is 14.9 Å². The molecule has 0 saturated heterocycles. The molecule has 6 heteroatoms. The number of anilines is 1. The van der Waals surface area contributed by atoms with Gasteiger partial charge >= 0.3 is 0 Å². The van der Waals surface area contributed by atoms with Gasteiger partial charge in [0.05, 0.1) is 16.8 Å². The van der Waals surface area contributed by atoms with Crippen LogP contribution in [-0.4, -0.2) is 41.9 Å². The standard InChI is InChI=1S/C17H18N4OS/c1-20(2)15-10-12(8-9-18-15)17(22)21(3)11-16-19-13-6-4-5-7-14(13)23-16/h4-10H,11H2,1-3H3. The summed E-state index contributed by atoms with van der Waals surface area (Å²) in [6.07, 6.45) is 1.66. The van der Waals surface area contributed by atoms with Crippen molar-refractivity contribution in [2.24, 2.45) is 0 Å². The van der Waals surface area contributed by atoms with Crippen LogP contribution in [0.25, 0.3) is 10.2 Å². The molecular formula is C17H18N4OS. The summed E-state index contributed by atoms with van der Waals surface area (Å²) in [5, 5.41) is 0.934. The van der Waals surface area contributed by atoms with Crippen molar-refractivity contribution >= 4 is 33.3 Å². The Morgan fingerprint density at radius 3 is 2.70 bits per heavy atom. The second kappa shape index (κ2) is 6.34. The average molecular weight is 326 g/mol. The number of fused-ring (bicyclic) bond motifs is 1. The zero-order valence-corrected chi connectivity index (χ0v) is 14.2. The zero-order valence-electron chi connectivity index (χ0n) is 13.4. The predicted molar refractivity (Wildman–Crippen MR) is 94.0 cm³/mol. The second-order valence-electron chi connectivity index (χ2n) is 5.53. The molecule has 0 radical (unpaired) electrons. The Morgan fingerprint density at radius 1 is 1.17 bits per heavy atom. The Balaban J connectivity index is 1.78. The smallest absolute Gasteiger partial charge is 0.254 e. The number of para-hydroxylation sites is 1. The summed E-state index contributed by atoms with van der Waals surface area (Å²) in [4.78, 5) is 25.0. The van der Waals surface area contributed by atoms with Gasteiger partial charge in [-0.3, -0.25) is 4.79 Å². The highest BCUT2D eigenvalue weighted by Gasteiger charge is 2.15. The van der Waals surface area contributed by atoms with E-state index >= 15 is 0 Å². The third kappa shape index (κ3) is 3.32. The minimum absolute atomic E-state index is 0.0326.